The number of allylic oxidation sites excluding steroid dienone is 1. The number of rotatable bonds is 6. The summed E-state index contributed by atoms with van der Waals surface area (Å²) in [5.41, 5.74) is 4.18. The van der Waals surface area contributed by atoms with Crippen molar-refractivity contribution in [2.75, 3.05) is 6.61 Å². The minimum atomic E-state index is -0.471. The van der Waals surface area contributed by atoms with Gasteiger partial charge in [-0.3, -0.25) is 4.79 Å². The molecule has 0 fully saturated rings. The van der Waals surface area contributed by atoms with Crippen LogP contribution in [-0.2, 0) is 16.0 Å². The Morgan fingerprint density at radius 1 is 1.23 bits per heavy atom. The van der Waals surface area contributed by atoms with E-state index in [2.05, 4.69) is 17.5 Å². The molecule has 2 heterocycles. The van der Waals surface area contributed by atoms with Gasteiger partial charge >= 0.3 is 5.97 Å². The topological polar surface area (TPSA) is 68.3 Å². The van der Waals surface area contributed by atoms with E-state index in [1.54, 1.807) is 11.3 Å². The summed E-state index contributed by atoms with van der Waals surface area (Å²) in [7, 11) is 0. The molecule has 0 saturated heterocycles. The molecule has 0 spiro atoms. The van der Waals surface area contributed by atoms with E-state index in [9.17, 15) is 9.59 Å². The molecule has 30 heavy (non-hydrogen) atoms. The quantitative estimate of drug-likeness (QED) is 0.579. The third kappa shape index (κ3) is 4.14. The number of pyridine rings is 1. The van der Waals surface area contributed by atoms with Crippen LogP contribution in [0, 0.1) is 0 Å². The zero-order chi connectivity index (χ0) is 21.1. The lowest BCUT2D eigenvalue weighted by atomic mass is 10.0. The highest BCUT2D eigenvalue weighted by molar-refractivity contribution is 7.10. The van der Waals surface area contributed by atoms with Gasteiger partial charge in [-0.15, -0.1) is 11.3 Å². The van der Waals surface area contributed by atoms with Gasteiger partial charge in [0.05, 0.1) is 16.8 Å². The number of aromatic nitrogens is 1. The van der Waals surface area contributed by atoms with E-state index in [0.29, 0.717) is 5.56 Å². The molecule has 2 aromatic heterocycles. The molecule has 0 saturated carbocycles. The van der Waals surface area contributed by atoms with E-state index < -0.39 is 5.97 Å². The molecule has 5 nitrogen and oxygen atoms in total. The SMILES string of the molecule is CCC(C)NC(=O)COC(=O)c1c2c(nc3ccccc13)C(=Cc1cccs1)CC2. The third-order valence-electron chi connectivity index (χ3n) is 5.36. The molecule has 1 aliphatic carbocycles. The molecular formula is C24H24N2O3S. The number of hydrogen-bond donors (Lipinski definition) is 1. The maximum atomic E-state index is 13.1. The van der Waals surface area contributed by atoms with Gasteiger partial charge in [-0.05, 0) is 60.9 Å². The van der Waals surface area contributed by atoms with E-state index in [1.165, 1.54) is 4.88 Å². The molecule has 0 aliphatic heterocycles. The second kappa shape index (κ2) is 8.79. The second-order valence-corrected chi connectivity index (χ2v) is 8.45. The number of esters is 1. The van der Waals surface area contributed by atoms with Crippen molar-refractivity contribution in [2.45, 2.75) is 39.2 Å². The van der Waals surface area contributed by atoms with Crippen LogP contribution >= 0.6 is 11.3 Å². The zero-order valence-electron chi connectivity index (χ0n) is 17.1. The van der Waals surface area contributed by atoms with Gasteiger partial charge in [0.1, 0.15) is 0 Å². The minimum Gasteiger partial charge on any atom is -0.452 e. The molecule has 3 aromatic rings. The van der Waals surface area contributed by atoms with Gasteiger partial charge < -0.3 is 10.1 Å². The standard InChI is InChI=1S/C24H24N2O3S/c1-3-15(2)25-21(27)14-29-24(28)22-18-8-4-5-9-20(18)26-23-16(10-11-19(22)23)13-17-7-6-12-30-17/h4-9,12-13,15H,3,10-11,14H2,1-2H3,(H,25,27). The van der Waals surface area contributed by atoms with E-state index in [4.69, 9.17) is 9.72 Å². The predicted octanol–water partition coefficient (Wildman–Crippen LogP) is 4.85. The third-order valence-corrected chi connectivity index (χ3v) is 6.18. The van der Waals surface area contributed by atoms with Crippen molar-refractivity contribution in [3.63, 3.8) is 0 Å². The first-order chi connectivity index (χ1) is 14.6. The molecule has 154 valence electrons. The van der Waals surface area contributed by atoms with Crippen LogP contribution in [0.2, 0.25) is 0 Å². The highest BCUT2D eigenvalue weighted by atomic mass is 32.1. The van der Waals surface area contributed by atoms with Crippen LogP contribution in [0.1, 0.15) is 53.2 Å². The average molecular weight is 421 g/mol. The maximum Gasteiger partial charge on any atom is 0.339 e. The van der Waals surface area contributed by atoms with Gasteiger partial charge in [-0.25, -0.2) is 9.78 Å². The molecule has 6 heteroatoms. The maximum absolute atomic E-state index is 13.1. The van der Waals surface area contributed by atoms with Crippen molar-refractivity contribution in [2.24, 2.45) is 0 Å². The summed E-state index contributed by atoms with van der Waals surface area (Å²) in [6.07, 6.45) is 4.52. The van der Waals surface area contributed by atoms with Gasteiger partial charge in [0.25, 0.3) is 5.91 Å². The summed E-state index contributed by atoms with van der Waals surface area (Å²) in [6, 6.07) is 11.7. The zero-order valence-corrected chi connectivity index (χ0v) is 17.9. The normalized spacial score (nSPS) is 15.2. The number of carbonyl (C=O) groups is 2. The Labute approximate surface area is 179 Å². The lowest BCUT2D eigenvalue weighted by Gasteiger charge is -2.14. The van der Waals surface area contributed by atoms with Crippen LogP contribution in [0.3, 0.4) is 0 Å². The molecule has 1 unspecified atom stereocenters. The summed E-state index contributed by atoms with van der Waals surface area (Å²) < 4.78 is 5.41. The van der Waals surface area contributed by atoms with Crippen molar-refractivity contribution in [1.29, 1.82) is 0 Å². The molecule has 0 bridgehead atoms. The first kappa shape index (κ1) is 20.3. The number of para-hydroxylation sites is 1. The minimum absolute atomic E-state index is 0.0483. The summed E-state index contributed by atoms with van der Waals surface area (Å²) in [5.74, 6) is -0.757. The van der Waals surface area contributed by atoms with E-state index in [-0.39, 0.29) is 18.6 Å². The molecule has 4 rings (SSSR count). The van der Waals surface area contributed by atoms with Crippen molar-refractivity contribution < 1.29 is 14.3 Å². The number of thiophene rings is 1. The van der Waals surface area contributed by atoms with E-state index in [1.807, 2.05) is 49.6 Å². The average Bonchev–Trinajstić information content (AvgIpc) is 3.40. The molecule has 0 radical (unpaired) electrons. The van der Waals surface area contributed by atoms with E-state index in [0.717, 1.165) is 47.0 Å². The number of carbonyl (C=O) groups excluding carboxylic acids is 2. The van der Waals surface area contributed by atoms with Crippen molar-refractivity contribution in [3.8, 4) is 0 Å². The fraction of sp³-hybridized carbons (Fsp3) is 0.292. The van der Waals surface area contributed by atoms with Crippen LogP contribution in [0.5, 0.6) is 0 Å². The Balaban J connectivity index is 1.68. The number of hydrogen-bond acceptors (Lipinski definition) is 5. The van der Waals surface area contributed by atoms with Gasteiger partial charge in [0.2, 0.25) is 0 Å². The van der Waals surface area contributed by atoms with Gasteiger partial charge in [-0.1, -0.05) is 31.2 Å². The molecule has 1 amide bonds. The Bertz CT molecular complexity index is 1120. The van der Waals surface area contributed by atoms with Crippen LogP contribution in [0.15, 0.2) is 41.8 Å². The summed E-state index contributed by atoms with van der Waals surface area (Å²) >= 11 is 1.68. The fourth-order valence-corrected chi connectivity index (χ4v) is 4.36. The van der Waals surface area contributed by atoms with Gasteiger partial charge in [0.15, 0.2) is 6.61 Å². The van der Waals surface area contributed by atoms with Gasteiger partial charge in [-0.2, -0.15) is 0 Å². The molecule has 1 aromatic carbocycles. The smallest absolute Gasteiger partial charge is 0.339 e. The number of amides is 1. The molecule has 1 aliphatic rings. The number of nitrogens with one attached hydrogen (secondary N) is 1. The summed E-state index contributed by atoms with van der Waals surface area (Å²) in [5, 5.41) is 5.63. The lowest BCUT2D eigenvalue weighted by molar-refractivity contribution is -0.124. The van der Waals surface area contributed by atoms with Crippen molar-refractivity contribution in [3.05, 3.63) is 63.5 Å². The first-order valence-electron chi connectivity index (χ1n) is 10.2. The number of nitrogens with zero attached hydrogens (tertiary/aromatic N) is 1. The van der Waals surface area contributed by atoms with Crippen LogP contribution < -0.4 is 5.32 Å². The molecular weight excluding hydrogens is 396 g/mol. The number of benzene rings is 1. The van der Waals surface area contributed by atoms with Crippen LogP contribution in [0.4, 0.5) is 0 Å². The monoisotopic (exact) mass is 420 g/mol. The molecule has 1 atom stereocenters. The first-order valence-corrected chi connectivity index (χ1v) is 11.1. The van der Waals surface area contributed by atoms with E-state index >= 15 is 0 Å². The lowest BCUT2D eigenvalue weighted by Crippen LogP contribution is -2.35. The highest BCUT2D eigenvalue weighted by Gasteiger charge is 2.28. The number of fused-ring (bicyclic) bond motifs is 2. The fourth-order valence-electron chi connectivity index (χ4n) is 3.68. The van der Waals surface area contributed by atoms with Crippen molar-refractivity contribution in [1.82, 2.24) is 10.3 Å². The summed E-state index contributed by atoms with van der Waals surface area (Å²) in [4.78, 5) is 31.1. The van der Waals surface area contributed by atoms with Crippen molar-refractivity contribution >= 4 is 45.8 Å². The summed E-state index contributed by atoms with van der Waals surface area (Å²) in [6.45, 7) is 3.63. The predicted molar refractivity (Wildman–Crippen MR) is 120 cm³/mol. The Hall–Kier alpha value is -2.99. The van der Waals surface area contributed by atoms with Crippen LogP contribution in [-0.4, -0.2) is 29.5 Å². The number of ether oxygens (including phenoxy) is 1. The Morgan fingerprint density at radius 2 is 2.07 bits per heavy atom. The Morgan fingerprint density at radius 3 is 2.83 bits per heavy atom. The second-order valence-electron chi connectivity index (χ2n) is 7.47. The van der Waals surface area contributed by atoms with Crippen LogP contribution in [0.25, 0.3) is 22.6 Å². The largest absolute Gasteiger partial charge is 0.452 e. The van der Waals surface area contributed by atoms with Gasteiger partial charge in [0, 0.05) is 16.3 Å². The Kier molecular flexibility index (Phi) is 5.95. The molecule has 1 N–H and O–H groups in total. The highest BCUT2D eigenvalue weighted by Crippen LogP contribution is 2.38.